The largest absolute Gasteiger partial charge is 0.392 e. The summed E-state index contributed by atoms with van der Waals surface area (Å²) in [6.45, 7) is 5.15. The molecule has 0 amide bonds. The van der Waals surface area contributed by atoms with Crippen LogP contribution in [0, 0.1) is 5.92 Å². The van der Waals surface area contributed by atoms with Crippen molar-refractivity contribution in [1.82, 2.24) is 5.32 Å². The first kappa shape index (κ1) is 12.2. The van der Waals surface area contributed by atoms with Gasteiger partial charge in [0, 0.05) is 17.6 Å². The number of rotatable bonds is 6. The number of aliphatic hydroxyl groups is 1. The highest BCUT2D eigenvalue weighted by molar-refractivity contribution is 9.11. The molecule has 0 heterocycles. The molecule has 0 aliphatic heterocycles. The van der Waals surface area contributed by atoms with E-state index in [1.54, 1.807) is 0 Å². The molecule has 1 saturated carbocycles. The maximum Gasteiger partial charge on any atom is 0.0667 e. The van der Waals surface area contributed by atoms with E-state index in [-0.39, 0.29) is 6.10 Å². The van der Waals surface area contributed by atoms with Crippen LogP contribution in [-0.4, -0.2) is 24.3 Å². The Hall–Kier alpha value is 0.140. The van der Waals surface area contributed by atoms with Crippen molar-refractivity contribution < 1.29 is 5.11 Å². The molecule has 0 bridgehead atoms. The molecule has 2 nitrogen and oxygen atoms in total. The molecule has 0 saturated heterocycles. The first-order valence-electron chi connectivity index (χ1n) is 5.40. The van der Waals surface area contributed by atoms with E-state index in [1.807, 2.05) is 0 Å². The molecule has 0 aromatic heterocycles. The Bertz CT molecular complexity index is 178. The normalized spacial score (nSPS) is 19.9. The van der Waals surface area contributed by atoms with Gasteiger partial charge in [-0.25, -0.2) is 0 Å². The number of hydrogen-bond acceptors (Lipinski definition) is 2. The number of hydrogen-bond donors (Lipinski definition) is 2. The minimum atomic E-state index is -0.190. The summed E-state index contributed by atoms with van der Waals surface area (Å²) in [5.74, 6) is 0.763. The smallest absolute Gasteiger partial charge is 0.0667 e. The van der Waals surface area contributed by atoms with Crippen LogP contribution in [-0.2, 0) is 0 Å². The Balaban J connectivity index is 2.03. The molecule has 1 fully saturated rings. The van der Waals surface area contributed by atoms with E-state index in [0.29, 0.717) is 6.54 Å². The molecule has 3 heteroatoms. The fourth-order valence-electron chi connectivity index (χ4n) is 2.09. The summed E-state index contributed by atoms with van der Waals surface area (Å²) < 4.78 is 0.936. The van der Waals surface area contributed by atoms with E-state index in [1.165, 1.54) is 25.7 Å². The summed E-state index contributed by atoms with van der Waals surface area (Å²) in [5, 5.41) is 12.9. The van der Waals surface area contributed by atoms with Crippen LogP contribution >= 0.6 is 15.9 Å². The molecule has 0 spiro atoms. The van der Waals surface area contributed by atoms with Gasteiger partial charge in [0.15, 0.2) is 0 Å². The molecule has 14 heavy (non-hydrogen) atoms. The monoisotopic (exact) mass is 261 g/mol. The zero-order valence-corrected chi connectivity index (χ0v) is 10.2. The van der Waals surface area contributed by atoms with Gasteiger partial charge in [-0.2, -0.15) is 0 Å². The van der Waals surface area contributed by atoms with E-state index in [2.05, 4.69) is 27.8 Å². The van der Waals surface area contributed by atoms with Crippen molar-refractivity contribution in [3.8, 4) is 0 Å². The topological polar surface area (TPSA) is 32.3 Å². The summed E-state index contributed by atoms with van der Waals surface area (Å²) in [6.07, 6.45) is 6.09. The maximum atomic E-state index is 9.72. The molecular weight excluding hydrogens is 242 g/mol. The fraction of sp³-hybridized carbons (Fsp3) is 0.818. The lowest BCUT2D eigenvalue weighted by Crippen LogP contribution is -2.28. The molecule has 1 atom stereocenters. The summed E-state index contributed by atoms with van der Waals surface area (Å²) in [7, 11) is 0. The predicted octanol–water partition coefficient (Wildman–Crippen LogP) is 2.43. The van der Waals surface area contributed by atoms with Gasteiger partial charge in [-0.15, -0.1) is 0 Å². The SMILES string of the molecule is C=C(Br)CNCC(O)CC1CCCC1. The van der Waals surface area contributed by atoms with Crippen molar-refractivity contribution in [2.24, 2.45) is 5.92 Å². The van der Waals surface area contributed by atoms with Gasteiger partial charge >= 0.3 is 0 Å². The van der Waals surface area contributed by atoms with Crippen molar-refractivity contribution in [1.29, 1.82) is 0 Å². The Labute approximate surface area is 94.9 Å². The van der Waals surface area contributed by atoms with Crippen LogP contribution in [0.4, 0.5) is 0 Å². The van der Waals surface area contributed by atoms with Crippen LogP contribution in [0.1, 0.15) is 32.1 Å². The minimum absolute atomic E-state index is 0.190. The average molecular weight is 262 g/mol. The van der Waals surface area contributed by atoms with Crippen LogP contribution in [0.3, 0.4) is 0 Å². The van der Waals surface area contributed by atoms with Gasteiger partial charge in [-0.3, -0.25) is 0 Å². The number of halogens is 1. The minimum Gasteiger partial charge on any atom is -0.392 e. The molecule has 1 aliphatic rings. The van der Waals surface area contributed by atoms with Crippen LogP contribution in [0.15, 0.2) is 11.1 Å². The van der Waals surface area contributed by atoms with Crippen LogP contribution in [0.2, 0.25) is 0 Å². The summed E-state index contributed by atoms with van der Waals surface area (Å²) in [5.41, 5.74) is 0. The zero-order chi connectivity index (χ0) is 10.4. The second-order valence-electron chi connectivity index (χ2n) is 4.19. The van der Waals surface area contributed by atoms with Gasteiger partial charge in [-0.1, -0.05) is 48.2 Å². The van der Waals surface area contributed by atoms with Crippen molar-refractivity contribution in [3.05, 3.63) is 11.1 Å². The van der Waals surface area contributed by atoms with Gasteiger partial charge in [-0.05, 0) is 12.3 Å². The second-order valence-corrected chi connectivity index (χ2v) is 5.31. The predicted molar refractivity (Wildman–Crippen MR) is 63.5 cm³/mol. The van der Waals surface area contributed by atoms with Gasteiger partial charge < -0.3 is 10.4 Å². The van der Waals surface area contributed by atoms with Gasteiger partial charge in [0.2, 0.25) is 0 Å². The number of nitrogens with one attached hydrogen (secondary N) is 1. The highest BCUT2D eigenvalue weighted by Crippen LogP contribution is 2.28. The Morgan fingerprint density at radius 2 is 2.14 bits per heavy atom. The van der Waals surface area contributed by atoms with E-state index >= 15 is 0 Å². The lowest BCUT2D eigenvalue weighted by Gasteiger charge is -2.15. The van der Waals surface area contributed by atoms with E-state index < -0.39 is 0 Å². The average Bonchev–Trinajstić information content (AvgIpc) is 2.56. The van der Waals surface area contributed by atoms with Crippen LogP contribution in [0.25, 0.3) is 0 Å². The maximum absolute atomic E-state index is 9.72. The van der Waals surface area contributed by atoms with Gasteiger partial charge in [0.1, 0.15) is 0 Å². The number of aliphatic hydroxyl groups excluding tert-OH is 1. The first-order valence-corrected chi connectivity index (χ1v) is 6.20. The van der Waals surface area contributed by atoms with E-state index in [0.717, 1.165) is 23.4 Å². The molecular formula is C11H20BrNO. The second kappa shape index (κ2) is 6.59. The Morgan fingerprint density at radius 3 is 2.71 bits per heavy atom. The third-order valence-electron chi connectivity index (χ3n) is 2.78. The molecule has 82 valence electrons. The molecule has 1 rings (SSSR count). The van der Waals surface area contributed by atoms with Crippen molar-refractivity contribution in [2.45, 2.75) is 38.2 Å². The molecule has 0 aromatic carbocycles. The Kier molecular flexibility index (Phi) is 5.75. The van der Waals surface area contributed by atoms with Crippen LogP contribution in [0.5, 0.6) is 0 Å². The molecule has 2 N–H and O–H groups in total. The van der Waals surface area contributed by atoms with Crippen molar-refractivity contribution in [2.75, 3.05) is 13.1 Å². The van der Waals surface area contributed by atoms with Crippen molar-refractivity contribution in [3.63, 3.8) is 0 Å². The summed E-state index contributed by atoms with van der Waals surface area (Å²) >= 11 is 3.27. The first-order chi connectivity index (χ1) is 6.68. The van der Waals surface area contributed by atoms with Gasteiger partial charge in [0.25, 0.3) is 0 Å². The van der Waals surface area contributed by atoms with E-state index in [9.17, 15) is 5.11 Å². The molecule has 1 aliphatic carbocycles. The summed E-state index contributed by atoms with van der Waals surface area (Å²) in [4.78, 5) is 0. The highest BCUT2D eigenvalue weighted by atomic mass is 79.9. The quantitative estimate of drug-likeness (QED) is 0.770. The molecule has 0 radical (unpaired) electrons. The lowest BCUT2D eigenvalue weighted by molar-refractivity contribution is 0.142. The molecule has 1 unspecified atom stereocenters. The van der Waals surface area contributed by atoms with Crippen LogP contribution < -0.4 is 5.32 Å². The highest BCUT2D eigenvalue weighted by Gasteiger charge is 2.18. The molecule has 0 aromatic rings. The van der Waals surface area contributed by atoms with Gasteiger partial charge in [0.05, 0.1) is 6.10 Å². The van der Waals surface area contributed by atoms with E-state index in [4.69, 9.17) is 0 Å². The third-order valence-corrected chi connectivity index (χ3v) is 3.06. The Morgan fingerprint density at radius 1 is 1.50 bits per heavy atom. The standard InChI is InChI=1S/C11H20BrNO/c1-9(12)7-13-8-11(14)6-10-4-2-3-5-10/h10-11,13-14H,1-8H2. The van der Waals surface area contributed by atoms with Crippen molar-refractivity contribution >= 4 is 15.9 Å². The lowest BCUT2D eigenvalue weighted by atomic mass is 10.0. The zero-order valence-electron chi connectivity index (χ0n) is 8.64. The fourth-order valence-corrected chi connectivity index (χ4v) is 2.29. The summed E-state index contributed by atoms with van der Waals surface area (Å²) in [6, 6.07) is 0. The third kappa shape index (κ3) is 5.13.